The maximum atomic E-state index is 12.3. The van der Waals surface area contributed by atoms with Crippen LogP contribution in [-0.4, -0.2) is 23.9 Å². The van der Waals surface area contributed by atoms with Crippen LogP contribution >= 0.6 is 23.2 Å². The average molecular weight is 328 g/mol. The highest BCUT2D eigenvalue weighted by atomic mass is 35.5. The second-order valence-electron chi connectivity index (χ2n) is 5.03. The summed E-state index contributed by atoms with van der Waals surface area (Å²) in [5.41, 5.74) is 0.806. The molecule has 0 aliphatic carbocycles. The molecule has 0 fully saturated rings. The number of halogens is 2. The van der Waals surface area contributed by atoms with E-state index >= 15 is 0 Å². The SMILES string of the molecule is CCCCN(CCCC)C(=O)C=Cc1ccc(Cl)cc1Cl. The van der Waals surface area contributed by atoms with Gasteiger partial charge >= 0.3 is 0 Å². The largest absolute Gasteiger partial charge is 0.339 e. The summed E-state index contributed by atoms with van der Waals surface area (Å²) in [5.74, 6) is 0.0444. The van der Waals surface area contributed by atoms with Crippen LogP contribution < -0.4 is 0 Å². The zero-order valence-electron chi connectivity index (χ0n) is 12.7. The second kappa shape index (κ2) is 9.86. The molecule has 0 radical (unpaired) electrons. The highest BCUT2D eigenvalue weighted by molar-refractivity contribution is 6.35. The molecule has 0 unspecified atom stereocenters. The highest BCUT2D eigenvalue weighted by Crippen LogP contribution is 2.22. The Bertz CT molecular complexity index is 478. The first-order valence-electron chi connectivity index (χ1n) is 7.50. The lowest BCUT2D eigenvalue weighted by Gasteiger charge is -2.20. The summed E-state index contributed by atoms with van der Waals surface area (Å²) in [7, 11) is 0. The molecule has 1 rings (SSSR count). The van der Waals surface area contributed by atoms with Gasteiger partial charge in [-0.15, -0.1) is 0 Å². The molecule has 0 heterocycles. The van der Waals surface area contributed by atoms with E-state index in [0.29, 0.717) is 10.0 Å². The van der Waals surface area contributed by atoms with Gasteiger partial charge in [-0.25, -0.2) is 0 Å². The molecule has 4 heteroatoms. The first-order valence-corrected chi connectivity index (χ1v) is 8.26. The van der Waals surface area contributed by atoms with Crippen molar-refractivity contribution in [3.8, 4) is 0 Å². The standard InChI is InChI=1S/C17H23Cl2NO/c1-3-5-11-20(12-6-4-2)17(21)10-8-14-7-9-15(18)13-16(14)19/h7-10,13H,3-6,11-12H2,1-2H3. The maximum Gasteiger partial charge on any atom is 0.246 e. The molecule has 1 amide bonds. The lowest BCUT2D eigenvalue weighted by atomic mass is 10.2. The van der Waals surface area contributed by atoms with Crippen LogP contribution in [-0.2, 0) is 4.79 Å². The van der Waals surface area contributed by atoms with Gasteiger partial charge in [-0.1, -0.05) is 56.0 Å². The Balaban J connectivity index is 2.72. The Morgan fingerprint density at radius 2 is 1.76 bits per heavy atom. The van der Waals surface area contributed by atoms with E-state index in [1.54, 1.807) is 24.3 Å². The van der Waals surface area contributed by atoms with E-state index in [0.717, 1.165) is 44.3 Å². The number of carbonyl (C=O) groups is 1. The maximum absolute atomic E-state index is 12.3. The quantitative estimate of drug-likeness (QED) is 0.582. The third-order valence-electron chi connectivity index (χ3n) is 3.24. The van der Waals surface area contributed by atoms with Crippen molar-refractivity contribution >= 4 is 35.2 Å². The number of amides is 1. The number of nitrogens with zero attached hydrogens (tertiary/aromatic N) is 1. The van der Waals surface area contributed by atoms with Gasteiger partial charge in [0, 0.05) is 29.2 Å². The molecule has 116 valence electrons. The molecule has 1 aromatic carbocycles. The van der Waals surface area contributed by atoms with E-state index in [4.69, 9.17) is 23.2 Å². The summed E-state index contributed by atoms with van der Waals surface area (Å²) in [6.07, 6.45) is 7.59. The van der Waals surface area contributed by atoms with E-state index in [1.807, 2.05) is 11.0 Å². The number of hydrogen-bond donors (Lipinski definition) is 0. The monoisotopic (exact) mass is 327 g/mol. The molecule has 0 aliphatic rings. The highest BCUT2D eigenvalue weighted by Gasteiger charge is 2.09. The third-order valence-corrected chi connectivity index (χ3v) is 3.81. The molecule has 21 heavy (non-hydrogen) atoms. The zero-order valence-corrected chi connectivity index (χ0v) is 14.3. The van der Waals surface area contributed by atoms with Gasteiger partial charge in [0.15, 0.2) is 0 Å². The van der Waals surface area contributed by atoms with Crippen molar-refractivity contribution in [2.45, 2.75) is 39.5 Å². The Labute approximate surface area is 137 Å². The van der Waals surface area contributed by atoms with Gasteiger partial charge in [-0.05, 0) is 36.6 Å². The molecule has 0 N–H and O–H groups in total. The molecular formula is C17H23Cl2NO. The molecule has 0 bridgehead atoms. The van der Waals surface area contributed by atoms with Crippen LogP contribution in [0.2, 0.25) is 10.0 Å². The van der Waals surface area contributed by atoms with Crippen molar-refractivity contribution < 1.29 is 4.79 Å². The van der Waals surface area contributed by atoms with Crippen LogP contribution in [0.3, 0.4) is 0 Å². The summed E-state index contributed by atoms with van der Waals surface area (Å²) in [5, 5.41) is 1.15. The first kappa shape index (κ1) is 18.1. The molecule has 1 aromatic rings. The molecule has 2 nitrogen and oxygen atoms in total. The van der Waals surface area contributed by atoms with Crippen molar-refractivity contribution in [1.29, 1.82) is 0 Å². The fraction of sp³-hybridized carbons (Fsp3) is 0.471. The van der Waals surface area contributed by atoms with Crippen molar-refractivity contribution in [2.24, 2.45) is 0 Å². The summed E-state index contributed by atoms with van der Waals surface area (Å²) < 4.78 is 0. The third kappa shape index (κ3) is 6.54. The van der Waals surface area contributed by atoms with Gasteiger partial charge in [0.25, 0.3) is 0 Å². The smallest absolute Gasteiger partial charge is 0.246 e. The van der Waals surface area contributed by atoms with Gasteiger partial charge in [0.05, 0.1) is 0 Å². The van der Waals surface area contributed by atoms with Crippen LogP contribution in [0.1, 0.15) is 45.1 Å². The van der Waals surface area contributed by atoms with Crippen molar-refractivity contribution in [2.75, 3.05) is 13.1 Å². The fourth-order valence-corrected chi connectivity index (χ4v) is 2.40. The Kier molecular flexibility index (Phi) is 8.48. The van der Waals surface area contributed by atoms with Crippen LogP contribution in [0.15, 0.2) is 24.3 Å². The molecule has 0 aromatic heterocycles. The minimum Gasteiger partial charge on any atom is -0.339 e. The summed E-state index contributed by atoms with van der Waals surface area (Å²) in [4.78, 5) is 14.2. The van der Waals surface area contributed by atoms with Crippen LogP contribution in [0.5, 0.6) is 0 Å². The van der Waals surface area contributed by atoms with Gasteiger partial charge in [0.2, 0.25) is 5.91 Å². The molecule has 0 saturated carbocycles. The van der Waals surface area contributed by atoms with Crippen molar-refractivity contribution in [3.05, 3.63) is 39.9 Å². The number of unbranched alkanes of at least 4 members (excludes halogenated alkanes) is 2. The molecule has 0 aliphatic heterocycles. The predicted molar refractivity (Wildman–Crippen MR) is 91.9 cm³/mol. The van der Waals surface area contributed by atoms with E-state index < -0.39 is 0 Å². The molecule has 0 spiro atoms. The Morgan fingerprint density at radius 3 is 2.29 bits per heavy atom. The zero-order chi connectivity index (χ0) is 15.7. The minimum atomic E-state index is 0.0444. The van der Waals surface area contributed by atoms with Gasteiger partial charge in [-0.3, -0.25) is 4.79 Å². The summed E-state index contributed by atoms with van der Waals surface area (Å²) in [6.45, 7) is 5.89. The van der Waals surface area contributed by atoms with Gasteiger partial charge in [0.1, 0.15) is 0 Å². The number of rotatable bonds is 8. The normalized spacial score (nSPS) is 11.0. The van der Waals surface area contributed by atoms with E-state index in [1.165, 1.54) is 0 Å². The number of hydrogen-bond acceptors (Lipinski definition) is 1. The second-order valence-corrected chi connectivity index (χ2v) is 5.88. The topological polar surface area (TPSA) is 20.3 Å². The minimum absolute atomic E-state index is 0.0444. The number of benzene rings is 1. The molecule has 0 saturated heterocycles. The van der Waals surface area contributed by atoms with E-state index in [9.17, 15) is 4.79 Å². The van der Waals surface area contributed by atoms with Crippen LogP contribution in [0.25, 0.3) is 6.08 Å². The molecular weight excluding hydrogens is 305 g/mol. The summed E-state index contributed by atoms with van der Waals surface area (Å²) in [6, 6.07) is 5.26. The molecule has 0 atom stereocenters. The van der Waals surface area contributed by atoms with Crippen LogP contribution in [0, 0.1) is 0 Å². The van der Waals surface area contributed by atoms with E-state index in [2.05, 4.69) is 13.8 Å². The average Bonchev–Trinajstić information content (AvgIpc) is 2.46. The predicted octanol–water partition coefficient (Wildman–Crippen LogP) is 5.44. The summed E-state index contributed by atoms with van der Waals surface area (Å²) >= 11 is 12.0. The van der Waals surface area contributed by atoms with Gasteiger partial charge < -0.3 is 4.90 Å². The van der Waals surface area contributed by atoms with Gasteiger partial charge in [-0.2, -0.15) is 0 Å². The Morgan fingerprint density at radius 1 is 1.14 bits per heavy atom. The lowest BCUT2D eigenvalue weighted by molar-refractivity contribution is -0.126. The Hall–Kier alpha value is -0.990. The van der Waals surface area contributed by atoms with Crippen molar-refractivity contribution in [1.82, 2.24) is 4.90 Å². The fourth-order valence-electron chi connectivity index (χ4n) is 1.93. The van der Waals surface area contributed by atoms with Crippen LogP contribution in [0.4, 0.5) is 0 Å². The van der Waals surface area contributed by atoms with Crippen molar-refractivity contribution in [3.63, 3.8) is 0 Å². The number of carbonyl (C=O) groups excluding carboxylic acids is 1. The van der Waals surface area contributed by atoms with E-state index in [-0.39, 0.29) is 5.91 Å². The first-order chi connectivity index (χ1) is 10.1. The lowest BCUT2D eigenvalue weighted by Crippen LogP contribution is -2.31.